The van der Waals surface area contributed by atoms with E-state index in [1.165, 1.54) is 24.3 Å². The van der Waals surface area contributed by atoms with E-state index in [1.807, 2.05) is 107 Å². The van der Waals surface area contributed by atoms with Gasteiger partial charge in [-0.05, 0) is 74.5 Å². The average Bonchev–Trinajstić information content (AvgIpc) is 3.69. The lowest BCUT2D eigenvalue weighted by Gasteiger charge is -2.05. The minimum Gasteiger partial charge on any atom is -0.744 e. The number of rotatable bonds is 8. The molecule has 0 aliphatic heterocycles. The summed E-state index contributed by atoms with van der Waals surface area (Å²) in [5, 5.41) is 8.13. The summed E-state index contributed by atoms with van der Waals surface area (Å²) in [6.07, 6.45) is 10.9. The number of pyridine rings is 2. The number of aromatic nitrogens is 4. The number of fused-ring (bicyclic) bond motifs is 2. The first-order valence-corrected chi connectivity index (χ1v) is 20.1. The molecule has 7 aromatic rings. The van der Waals surface area contributed by atoms with E-state index >= 15 is 0 Å². The van der Waals surface area contributed by atoms with Crippen LogP contribution in [0.2, 0.25) is 0 Å². The fourth-order valence-corrected chi connectivity index (χ4v) is 6.21. The zero-order valence-corrected chi connectivity index (χ0v) is 33.3. The minimum absolute atomic E-state index is 0.178. The van der Waals surface area contributed by atoms with Gasteiger partial charge < -0.3 is 9.11 Å². The maximum absolute atomic E-state index is 12.4. The fraction of sp³-hybridized carbons (Fsp3) is 0.100. The van der Waals surface area contributed by atoms with Crippen molar-refractivity contribution in [1.29, 1.82) is 0 Å². The molecule has 0 fully saturated rings. The predicted molar refractivity (Wildman–Crippen MR) is 212 cm³/mol. The molecule has 0 saturated carbocycles. The average molecular weight is 823 g/mol. The molecule has 18 heteroatoms. The predicted octanol–water partition coefficient (Wildman–Crippen LogP) is 3.17. The molecule has 0 saturated heterocycles. The molecule has 2 amide bonds. The summed E-state index contributed by atoms with van der Waals surface area (Å²) in [5.41, 5.74) is 11.3. The third kappa shape index (κ3) is 11.1. The Labute approximate surface area is 334 Å². The number of benzene rings is 3. The van der Waals surface area contributed by atoms with Gasteiger partial charge in [-0.2, -0.15) is 10.2 Å². The zero-order chi connectivity index (χ0) is 42.0. The first-order chi connectivity index (χ1) is 27.5. The van der Waals surface area contributed by atoms with Crippen LogP contribution in [-0.4, -0.2) is 59.3 Å². The molecule has 298 valence electrons. The number of hydrogen-bond donors (Lipinski definition) is 2. The van der Waals surface area contributed by atoms with E-state index in [0.29, 0.717) is 11.1 Å². The van der Waals surface area contributed by atoms with E-state index in [2.05, 4.69) is 21.1 Å². The molecule has 2 N–H and O–H groups in total. The maximum atomic E-state index is 12.4. The molecule has 0 aliphatic rings. The standard InChI is InChI=1S/C26H22N8O2.2C7H8O3S/c1-31-21(17-33-13-5-3-7-23(31)33)15-27-29-25(35)19-9-11-20(12-10-19)26(36)30-28-16-22-18-34-14-6-4-8-24(34)32(22)2;2*1-6-2-4-7(5-3-6)11(8,9)10/h3-18H,1-2H3;2*2-5H,1H3,(H,8,9,10)/b27-15+,28-16+;;. The normalized spacial score (nSPS) is 11.6. The van der Waals surface area contributed by atoms with E-state index in [1.54, 1.807) is 61.0 Å². The Bertz CT molecular complexity index is 2660. The molecule has 0 atom stereocenters. The molecule has 7 rings (SSSR count). The molecule has 0 spiro atoms. The van der Waals surface area contributed by atoms with Gasteiger partial charge in [-0.3, -0.25) is 9.59 Å². The first kappa shape index (κ1) is 42.3. The highest BCUT2D eigenvalue weighted by atomic mass is 32.2. The summed E-state index contributed by atoms with van der Waals surface area (Å²) < 4.78 is 70.2. The van der Waals surface area contributed by atoms with E-state index < -0.39 is 20.2 Å². The Balaban J connectivity index is 0.000000236. The smallest absolute Gasteiger partial charge is 0.286 e. The van der Waals surface area contributed by atoms with Crippen molar-refractivity contribution in [2.45, 2.75) is 23.6 Å². The van der Waals surface area contributed by atoms with Crippen LogP contribution in [0.15, 0.2) is 154 Å². The van der Waals surface area contributed by atoms with Crippen molar-refractivity contribution in [2.24, 2.45) is 24.3 Å². The number of aryl methyl sites for hydroxylation is 4. The third-order valence-corrected chi connectivity index (χ3v) is 10.2. The summed E-state index contributed by atoms with van der Waals surface area (Å²) in [4.78, 5) is 24.5. The second kappa shape index (κ2) is 18.4. The van der Waals surface area contributed by atoms with Crippen molar-refractivity contribution in [3.8, 4) is 0 Å². The van der Waals surface area contributed by atoms with Crippen molar-refractivity contribution >= 4 is 55.8 Å². The maximum Gasteiger partial charge on any atom is 0.286 e. The van der Waals surface area contributed by atoms with Crippen molar-refractivity contribution in [3.05, 3.63) is 168 Å². The molecule has 0 aliphatic carbocycles. The van der Waals surface area contributed by atoms with Crippen LogP contribution >= 0.6 is 0 Å². The Morgan fingerprint density at radius 1 is 0.569 bits per heavy atom. The number of nitrogens with zero attached hydrogens (tertiary/aromatic N) is 6. The van der Waals surface area contributed by atoms with Crippen molar-refractivity contribution in [3.63, 3.8) is 0 Å². The fourth-order valence-electron chi connectivity index (χ4n) is 5.27. The number of carbonyl (C=O) groups is 2. The highest BCUT2D eigenvalue weighted by Crippen LogP contribution is 2.10. The van der Waals surface area contributed by atoms with Gasteiger partial charge in [0.05, 0.1) is 48.7 Å². The van der Waals surface area contributed by atoms with Gasteiger partial charge in [-0.25, -0.2) is 45.6 Å². The Kier molecular flexibility index (Phi) is 13.4. The van der Waals surface area contributed by atoms with Gasteiger partial charge in [0.2, 0.25) is 0 Å². The number of imidazole rings is 2. The summed E-state index contributed by atoms with van der Waals surface area (Å²) >= 11 is 0. The van der Waals surface area contributed by atoms with Crippen molar-refractivity contribution in [2.75, 3.05) is 0 Å². The number of carbonyl (C=O) groups excluding carboxylic acids is 2. The Morgan fingerprint density at radius 2 is 0.914 bits per heavy atom. The summed E-state index contributed by atoms with van der Waals surface area (Å²) in [5.74, 6) is -0.758. The van der Waals surface area contributed by atoms with Crippen LogP contribution < -0.4 is 19.7 Å². The van der Waals surface area contributed by atoms with Crippen LogP contribution in [0.5, 0.6) is 0 Å². The number of nitrogens with one attached hydrogen (secondary N) is 2. The molecule has 0 unspecified atom stereocenters. The zero-order valence-electron chi connectivity index (χ0n) is 31.6. The highest BCUT2D eigenvalue weighted by molar-refractivity contribution is 7.86. The molecule has 58 heavy (non-hydrogen) atoms. The quantitative estimate of drug-likeness (QED) is 0.100. The first-order valence-electron chi connectivity index (χ1n) is 17.2. The van der Waals surface area contributed by atoms with Crippen LogP contribution in [0.1, 0.15) is 43.2 Å². The number of hydrazone groups is 2. The Hall–Kier alpha value is -6.86. The van der Waals surface area contributed by atoms with Crippen LogP contribution in [0.4, 0.5) is 0 Å². The highest BCUT2D eigenvalue weighted by Gasteiger charge is 2.14. The number of amides is 2. The SMILES string of the molecule is Cc1ccc(S(=O)(=O)[O-])cc1.Cc1ccc(S(=O)(=O)[O-])cc1.Cn1c(/C=N/NC(=O)c2ccc(C(=O)N/N=C/c3c[n+]4ccccc4n3C)cc2)c[n+]2ccccc12. The molecule has 16 nitrogen and oxygen atoms in total. The molecule has 4 heterocycles. The second-order valence-corrected chi connectivity index (χ2v) is 15.4. The summed E-state index contributed by atoms with van der Waals surface area (Å²) in [6.45, 7) is 3.64. The van der Waals surface area contributed by atoms with Crippen molar-refractivity contribution < 1.29 is 44.3 Å². The third-order valence-electron chi connectivity index (χ3n) is 8.49. The molecular weight excluding hydrogens is 785 g/mol. The van der Waals surface area contributed by atoms with Crippen molar-refractivity contribution in [1.82, 2.24) is 20.0 Å². The van der Waals surface area contributed by atoms with Gasteiger partial charge in [0.15, 0.2) is 11.4 Å². The van der Waals surface area contributed by atoms with Gasteiger partial charge in [0.1, 0.15) is 32.6 Å². The molecule has 3 aromatic carbocycles. The van der Waals surface area contributed by atoms with Gasteiger partial charge in [-0.1, -0.05) is 47.5 Å². The second-order valence-electron chi connectivity index (χ2n) is 12.7. The topological polar surface area (TPSA) is 215 Å². The summed E-state index contributed by atoms with van der Waals surface area (Å²) in [7, 11) is -4.69. The van der Waals surface area contributed by atoms with Gasteiger partial charge in [0.25, 0.3) is 23.1 Å². The lowest BCUT2D eigenvalue weighted by Crippen LogP contribution is -2.20. The van der Waals surface area contributed by atoms with E-state index in [4.69, 9.17) is 0 Å². The minimum atomic E-state index is -4.27. The van der Waals surface area contributed by atoms with Crippen LogP contribution in [-0.2, 0) is 34.3 Å². The Morgan fingerprint density at radius 3 is 1.22 bits per heavy atom. The van der Waals surface area contributed by atoms with Gasteiger partial charge in [-0.15, -0.1) is 0 Å². The van der Waals surface area contributed by atoms with Gasteiger partial charge >= 0.3 is 0 Å². The van der Waals surface area contributed by atoms with Crippen LogP contribution in [0, 0.1) is 13.8 Å². The monoisotopic (exact) mass is 822 g/mol. The van der Waals surface area contributed by atoms with E-state index in [-0.39, 0.29) is 21.6 Å². The largest absolute Gasteiger partial charge is 0.744 e. The lowest BCUT2D eigenvalue weighted by atomic mass is 10.1. The van der Waals surface area contributed by atoms with Gasteiger partial charge in [0, 0.05) is 23.3 Å². The van der Waals surface area contributed by atoms with E-state index in [9.17, 15) is 35.5 Å². The molecule has 0 bridgehead atoms. The van der Waals surface area contributed by atoms with E-state index in [0.717, 1.165) is 33.8 Å². The molecular formula is C40H38N8O8S2. The molecule has 0 radical (unpaired) electrons. The van der Waals surface area contributed by atoms with Crippen LogP contribution in [0.3, 0.4) is 0 Å². The summed E-state index contributed by atoms with van der Waals surface area (Å²) in [6, 6.07) is 29.6. The van der Waals surface area contributed by atoms with Crippen LogP contribution in [0.25, 0.3) is 11.3 Å². The number of hydrogen-bond acceptors (Lipinski definition) is 10. The lowest BCUT2D eigenvalue weighted by molar-refractivity contribution is -0.510. The molecule has 4 aromatic heterocycles.